The third-order valence-electron chi connectivity index (χ3n) is 4.54. The lowest BCUT2D eigenvalue weighted by molar-refractivity contribution is 0.226. The maximum absolute atomic E-state index is 5.60. The summed E-state index contributed by atoms with van der Waals surface area (Å²) in [7, 11) is 0. The lowest BCUT2D eigenvalue weighted by Crippen LogP contribution is -2.31. The number of aromatic nitrogens is 3. The van der Waals surface area contributed by atoms with Gasteiger partial charge in [-0.3, -0.25) is 9.47 Å². The van der Waals surface area contributed by atoms with E-state index in [1.54, 1.807) is 6.33 Å². The van der Waals surface area contributed by atoms with E-state index < -0.39 is 0 Å². The van der Waals surface area contributed by atoms with Gasteiger partial charge in [-0.25, -0.2) is 4.68 Å². The van der Waals surface area contributed by atoms with Crippen LogP contribution < -0.4 is 0 Å². The number of para-hydroxylation sites is 1. The molecule has 4 rings (SSSR count). The summed E-state index contributed by atoms with van der Waals surface area (Å²) in [6.07, 6.45) is 5.17. The van der Waals surface area contributed by atoms with Crippen LogP contribution in [0.25, 0.3) is 11.3 Å². The fraction of sp³-hybridized carbons (Fsp3) is 0.200. The van der Waals surface area contributed by atoms with Crippen LogP contribution in [0.3, 0.4) is 0 Å². The molecule has 0 spiro atoms. The number of rotatable bonds is 4. The van der Waals surface area contributed by atoms with Crippen molar-refractivity contribution in [2.24, 2.45) is 0 Å². The molecule has 0 saturated heterocycles. The van der Waals surface area contributed by atoms with Gasteiger partial charge in [0.25, 0.3) is 0 Å². The molecule has 1 aromatic heterocycles. The summed E-state index contributed by atoms with van der Waals surface area (Å²) in [6, 6.07) is 20.7. The summed E-state index contributed by atoms with van der Waals surface area (Å²) in [5.74, 6) is 0. The van der Waals surface area contributed by atoms with E-state index in [0.717, 1.165) is 36.6 Å². The van der Waals surface area contributed by atoms with Crippen molar-refractivity contribution in [3.63, 3.8) is 0 Å². The first-order valence-corrected chi connectivity index (χ1v) is 8.89. The smallest absolute Gasteiger partial charge is 0.203 e. The van der Waals surface area contributed by atoms with E-state index in [2.05, 4.69) is 46.4 Å². The second-order valence-electron chi connectivity index (χ2n) is 6.18. The zero-order chi connectivity index (χ0) is 17.1. The Balaban J connectivity index is 1.47. The minimum Gasteiger partial charge on any atom is -0.280 e. The number of hydrogen-bond donors (Lipinski definition) is 0. The van der Waals surface area contributed by atoms with Gasteiger partial charge in [-0.1, -0.05) is 54.6 Å². The molecule has 1 aliphatic rings. The fourth-order valence-corrected chi connectivity index (χ4v) is 3.40. The molecule has 0 radical (unpaired) electrons. The molecule has 2 aromatic carbocycles. The van der Waals surface area contributed by atoms with Gasteiger partial charge in [-0.2, -0.15) is 5.10 Å². The highest BCUT2D eigenvalue weighted by Gasteiger charge is 2.14. The molecule has 0 fully saturated rings. The Morgan fingerprint density at radius 1 is 0.960 bits per heavy atom. The standard InChI is InChI=1S/C20H20N4S/c25-20-23(19-9-5-2-6-10-19)15-21-24(20)16-22-13-11-18(12-14-22)17-7-3-1-4-8-17/h1-11,15H,12-14,16H2. The highest BCUT2D eigenvalue weighted by atomic mass is 32.1. The summed E-state index contributed by atoms with van der Waals surface area (Å²) in [6.45, 7) is 2.65. The largest absolute Gasteiger partial charge is 0.280 e. The van der Waals surface area contributed by atoms with Crippen LogP contribution in [0.5, 0.6) is 0 Å². The molecule has 126 valence electrons. The minimum absolute atomic E-state index is 0.719. The number of nitrogens with zero attached hydrogens (tertiary/aromatic N) is 4. The van der Waals surface area contributed by atoms with Crippen molar-refractivity contribution in [1.82, 2.24) is 19.2 Å². The van der Waals surface area contributed by atoms with Gasteiger partial charge in [-0.15, -0.1) is 0 Å². The Bertz CT molecular complexity index is 925. The van der Waals surface area contributed by atoms with E-state index in [0.29, 0.717) is 0 Å². The van der Waals surface area contributed by atoms with Crippen LogP contribution in [0, 0.1) is 4.77 Å². The van der Waals surface area contributed by atoms with Crippen LogP contribution in [0.15, 0.2) is 73.1 Å². The van der Waals surface area contributed by atoms with Crippen molar-refractivity contribution in [1.29, 1.82) is 0 Å². The molecule has 1 aliphatic heterocycles. The zero-order valence-electron chi connectivity index (χ0n) is 14.0. The average molecular weight is 348 g/mol. The van der Waals surface area contributed by atoms with E-state index in [9.17, 15) is 0 Å². The second kappa shape index (κ2) is 7.17. The van der Waals surface area contributed by atoms with Crippen LogP contribution in [0.4, 0.5) is 0 Å². The molecular formula is C20H20N4S. The van der Waals surface area contributed by atoms with Crippen molar-refractivity contribution < 1.29 is 0 Å². The van der Waals surface area contributed by atoms with Gasteiger partial charge in [0.05, 0.1) is 6.67 Å². The Morgan fingerprint density at radius 3 is 2.36 bits per heavy atom. The minimum atomic E-state index is 0.719. The Morgan fingerprint density at radius 2 is 1.68 bits per heavy atom. The Kier molecular flexibility index (Phi) is 4.59. The van der Waals surface area contributed by atoms with Crippen LogP contribution in [-0.2, 0) is 6.67 Å². The molecule has 0 unspecified atom stereocenters. The summed E-state index contributed by atoms with van der Waals surface area (Å²) in [5.41, 5.74) is 3.80. The highest BCUT2D eigenvalue weighted by molar-refractivity contribution is 7.71. The molecule has 0 bridgehead atoms. The molecule has 0 atom stereocenters. The van der Waals surface area contributed by atoms with Crippen LogP contribution >= 0.6 is 12.2 Å². The van der Waals surface area contributed by atoms with Crippen molar-refractivity contribution in [3.8, 4) is 5.69 Å². The molecule has 25 heavy (non-hydrogen) atoms. The van der Waals surface area contributed by atoms with Crippen LogP contribution in [0.1, 0.15) is 12.0 Å². The summed E-state index contributed by atoms with van der Waals surface area (Å²) >= 11 is 5.60. The summed E-state index contributed by atoms with van der Waals surface area (Å²) in [4.78, 5) is 2.37. The number of benzene rings is 2. The average Bonchev–Trinajstić information content (AvgIpc) is 3.04. The molecular weight excluding hydrogens is 328 g/mol. The van der Waals surface area contributed by atoms with E-state index in [-0.39, 0.29) is 0 Å². The van der Waals surface area contributed by atoms with Crippen molar-refractivity contribution in [2.75, 3.05) is 13.1 Å². The molecule has 0 saturated carbocycles. The molecule has 3 aromatic rings. The molecule has 0 aliphatic carbocycles. The monoisotopic (exact) mass is 348 g/mol. The van der Waals surface area contributed by atoms with E-state index in [1.165, 1.54) is 11.1 Å². The summed E-state index contributed by atoms with van der Waals surface area (Å²) in [5, 5.41) is 4.48. The molecule has 4 nitrogen and oxygen atoms in total. The van der Waals surface area contributed by atoms with E-state index in [1.807, 2.05) is 39.6 Å². The van der Waals surface area contributed by atoms with E-state index >= 15 is 0 Å². The van der Waals surface area contributed by atoms with Gasteiger partial charge >= 0.3 is 0 Å². The number of hydrogen-bond acceptors (Lipinski definition) is 3. The lowest BCUT2D eigenvalue weighted by atomic mass is 10.00. The van der Waals surface area contributed by atoms with Gasteiger partial charge in [0.1, 0.15) is 6.33 Å². The third kappa shape index (κ3) is 3.48. The van der Waals surface area contributed by atoms with Crippen molar-refractivity contribution in [2.45, 2.75) is 13.1 Å². The van der Waals surface area contributed by atoms with Crippen LogP contribution in [-0.4, -0.2) is 32.3 Å². The normalized spacial score (nSPS) is 15.1. The Labute approximate surface area is 152 Å². The summed E-state index contributed by atoms with van der Waals surface area (Å²) < 4.78 is 4.57. The predicted molar refractivity (Wildman–Crippen MR) is 103 cm³/mol. The molecule has 5 heteroatoms. The SMILES string of the molecule is S=c1n(-c2ccccc2)cnn1CN1CC=C(c2ccccc2)CC1. The Hall–Kier alpha value is -2.50. The first-order chi connectivity index (χ1) is 12.3. The van der Waals surface area contributed by atoms with Gasteiger partial charge in [0.2, 0.25) is 4.77 Å². The van der Waals surface area contributed by atoms with Gasteiger partial charge in [-0.05, 0) is 41.9 Å². The van der Waals surface area contributed by atoms with Crippen molar-refractivity contribution in [3.05, 3.63) is 83.4 Å². The third-order valence-corrected chi connectivity index (χ3v) is 4.95. The topological polar surface area (TPSA) is 26.0 Å². The zero-order valence-corrected chi connectivity index (χ0v) is 14.8. The van der Waals surface area contributed by atoms with Crippen molar-refractivity contribution >= 4 is 17.8 Å². The fourth-order valence-electron chi connectivity index (χ4n) is 3.14. The molecule has 0 N–H and O–H groups in total. The quantitative estimate of drug-likeness (QED) is 0.663. The molecule has 2 heterocycles. The molecule has 0 amide bonds. The maximum Gasteiger partial charge on any atom is 0.203 e. The first kappa shape index (κ1) is 16.0. The van der Waals surface area contributed by atoms with Gasteiger partial charge < -0.3 is 0 Å². The predicted octanol–water partition coefficient (Wildman–Crippen LogP) is 4.15. The maximum atomic E-state index is 5.60. The van der Waals surface area contributed by atoms with Crippen LogP contribution in [0.2, 0.25) is 0 Å². The van der Waals surface area contributed by atoms with E-state index in [4.69, 9.17) is 12.2 Å². The van der Waals surface area contributed by atoms with Gasteiger partial charge in [0.15, 0.2) is 0 Å². The van der Waals surface area contributed by atoms with Gasteiger partial charge in [0, 0.05) is 18.8 Å². The first-order valence-electron chi connectivity index (χ1n) is 8.48. The second-order valence-corrected chi connectivity index (χ2v) is 6.55. The highest BCUT2D eigenvalue weighted by Crippen LogP contribution is 2.22. The lowest BCUT2D eigenvalue weighted by Gasteiger charge is -2.26.